The second-order valence-electron chi connectivity index (χ2n) is 5.20. The molecule has 0 aliphatic carbocycles. The molecule has 0 unspecified atom stereocenters. The molecule has 9 heteroatoms. The van der Waals surface area contributed by atoms with Crippen molar-refractivity contribution in [3.05, 3.63) is 18.4 Å². The lowest BCUT2D eigenvalue weighted by Crippen LogP contribution is -2.38. The molecule has 23 heavy (non-hydrogen) atoms. The Bertz CT molecular complexity index is 666. The highest BCUT2D eigenvalue weighted by Crippen LogP contribution is 2.25. The van der Waals surface area contributed by atoms with Crippen molar-refractivity contribution in [2.45, 2.75) is 25.5 Å². The van der Waals surface area contributed by atoms with Crippen LogP contribution < -0.4 is 10.6 Å². The molecule has 124 valence electrons. The zero-order valence-electron chi connectivity index (χ0n) is 13.2. The number of furan rings is 1. The molecule has 0 aliphatic rings. The maximum Gasteiger partial charge on any atom is 0.321 e. The predicted molar refractivity (Wildman–Crippen MR) is 85.9 cm³/mol. The topological polar surface area (TPSA) is 102 Å². The van der Waals surface area contributed by atoms with Gasteiger partial charge in [0.2, 0.25) is 5.91 Å². The van der Waals surface area contributed by atoms with Gasteiger partial charge in [0, 0.05) is 13.6 Å². The van der Waals surface area contributed by atoms with Crippen LogP contribution in [0.15, 0.2) is 28.0 Å². The van der Waals surface area contributed by atoms with Gasteiger partial charge < -0.3 is 9.73 Å². The molecule has 0 radical (unpaired) electrons. The van der Waals surface area contributed by atoms with E-state index in [9.17, 15) is 9.59 Å². The Morgan fingerprint density at radius 3 is 2.78 bits per heavy atom. The van der Waals surface area contributed by atoms with Gasteiger partial charge in [-0.25, -0.2) is 4.79 Å². The smallest absolute Gasteiger partial charge is 0.321 e. The number of thioether (sulfide) groups is 1. The van der Waals surface area contributed by atoms with Gasteiger partial charge >= 0.3 is 6.03 Å². The van der Waals surface area contributed by atoms with Crippen LogP contribution in [0.25, 0.3) is 11.6 Å². The van der Waals surface area contributed by atoms with Crippen molar-refractivity contribution in [3.8, 4) is 11.6 Å². The highest BCUT2D eigenvalue weighted by Gasteiger charge is 2.18. The molecular weight excluding hydrogens is 318 g/mol. The van der Waals surface area contributed by atoms with Gasteiger partial charge in [-0.05, 0) is 18.1 Å². The minimum Gasteiger partial charge on any atom is -0.461 e. The molecule has 3 amide bonds. The molecule has 0 spiro atoms. The van der Waals surface area contributed by atoms with Crippen LogP contribution in [0.5, 0.6) is 0 Å². The summed E-state index contributed by atoms with van der Waals surface area (Å²) in [7, 11) is 1.45. The summed E-state index contributed by atoms with van der Waals surface area (Å²) in [6.45, 7) is 4.86. The van der Waals surface area contributed by atoms with E-state index in [4.69, 9.17) is 4.42 Å². The lowest BCUT2D eigenvalue weighted by atomic mass is 10.2. The van der Waals surface area contributed by atoms with Crippen LogP contribution in [0.2, 0.25) is 0 Å². The van der Waals surface area contributed by atoms with Gasteiger partial charge in [0.25, 0.3) is 0 Å². The Labute approximate surface area is 138 Å². The summed E-state index contributed by atoms with van der Waals surface area (Å²) in [6.07, 6.45) is 1.58. The van der Waals surface area contributed by atoms with Gasteiger partial charge in [0.1, 0.15) is 0 Å². The van der Waals surface area contributed by atoms with E-state index in [1.54, 1.807) is 12.3 Å². The van der Waals surface area contributed by atoms with Crippen LogP contribution in [-0.4, -0.2) is 39.5 Å². The Balaban J connectivity index is 2.12. The van der Waals surface area contributed by atoms with Gasteiger partial charge in [-0.3, -0.25) is 14.7 Å². The van der Waals surface area contributed by atoms with E-state index in [0.29, 0.717) is 29.2 Å². The molecule has 0 saturated heterocycles. The summed E-state index contributed by atoms with van der Waals surface area (Å²) in [5.41, 5.74) is 0. The summed E-state index contributed by atoms with van der Waals surface area (Å²) < 4.78 is 7.30. The van der Waals surface area contributed by atoms with Crippen LogP contribution in [0.4, 0.5) is 4.79 Å². The van der Waals surface area contributed by atoms with Crippen molar-refractivity contribution in [2.75, 3.05) is 12.8 Å². The first-order valence-corrected chi connectivity index (χ1v) is 8.11. The lowest BCUT2D eigenvalue weighted by Gasteiger charge is -2.11. The normalized spacial score (nSPS) is 10.8. The van der Waals surface area contributed by atoms with Gasteiger partial charge in [0.15, 0.2) is 16.7 Å². The zero-order chi connectivity index (χ0) is 16.8. The molecule has 0 aromatic carbocycles. The molecule has 0 bridgehead atoms. The quantitative estimate of drug-likeness (QED) is 0.779. The number of amides is 3. The molecule has 8 nitrogen and oxygen atoms in total. The third-order valence-corrected chi connectivity index (χ3v) is 3.79. The van der Waals surface area contributed by atoms with Crippen LogP contribution >= 0.6 is 11.8 Å². The van der Waals surface area contributed by atoms with E-state index in [-0.39, 0.29) is 5.75 Å². The van der Waals surface area contributed by atoms with Crippen molar-refractivity contribution in [3.63, 3.8) is 0 Å². The van der Waals surface area contributed by atoms with Crippen molar-refractivity contribution in [1.29, 1.82) is 0 Å². The van der Waals surface area contributed by atoms with Crippen LogP contribution in [0.1, 0.15) is 13.8 Å². The third kappa shape index (κ3) is 4.59. The number of hydrogen-bond acceptors (Lipinski definition) is 6. The Kier molecular flexibility index (Phi) is 5.80. The number of carbonyl (C=O) groups is 2. The first kappa shape index (κ1) is 17.1. The fraction of sp³-hybridized carbons (Fsp3) is 0.429. The minimum atomic E-state index is -0.532. The molecule has 2 heterocycles. The van der Waals surface area contributed by atoms with Gasteiger partial charge in [-0.1, -0.05) is 25.6 Å². The number of carbonyl (C=O) groups excluding carboxylic acids is 2. The van der Waals surface area contributed by atoms with Crippen LogP contribution in [-0.2, 0) is 11.3 Å². The zero-order valence-corrected chi connectivity index (χ0v) is 14.0. The van der Waals surface area contributed by atoms with E-state index in [1.165, 1.54) is 18.8 Å². The predicted octanol–water partition coefficient (Wildman–Crippen LogP) is 1.74. The highest BCUT2D eigenvalue weighted by molar-refractivity contribution is 7.99. The largest absolute Gasteiger partial charge is 0.461 e. The Morgan fingerprint density at radius 1 is 1.39 bits per heavy atom. The van der Waals surface area contributed by atoms with E-state index < -0.39 is 11.9 Å². The van der Waals surface area contributed by atoms with E-state index >= 15 is 0 Å². The molecule has 2 rings (SSSR count). The Hall–Kier alpha value is -2.29. The summed E-state index contributed by atoms with van der Waals surface area (Å²) >= 11 is 1.22. The van der Waals surface area contributed by atoms with Crippen LogP contribution in [0.3, 0.4) is 0 Å². The first-order valence-electron chi connectivity index (χ1n) is 7.12. The average molecular weight is 337 g/mol. The second-order valence-corrected chi connectivity index (χ2v) is 6.15. The van der Waals surface area contributed by atoms with Crippen molar-refractivity contribution in [2.24, 2.45) is 5.92 Å². The fourth-order valence-corrected chi connectivity index (χ4v) is 2.62. The van der Waals surface area contributed by atoms with Crippen molar-refractivity contribution in [1.82, 2.24) is 25.4 Å². The molecule has 2 aromatic heterocycles. The highest BCUT2D eigenvalue weighted by atomic mass is 32.2. The fourth-order valence-electron chi connectivity index (χ4n) is 1.87. The molecule has 2 N–H and O–H groups in total. The first-order chi connectivity index (χ1) is 11.0. The molecule has 0 fully saturated rings. The number of imide groups is 1. The number of rotatable bonds is 6. The summed E-state index contributed by atoms with van der Waals surface area (Å²) in [4.78, 5) is 22.8. The SMILES string of the molecule is CNC(=O)NC(=O)CSc1nnc(-c2ccco2)n1CC(C)C. The Morgan fingerprint density at radius 2 is 2.17 bits per heavy atom. The number of urea groups is 1. The van der Waals surface area contributed by atoms with Gasteiger partial charge in [0.05, 0.1) is 12.0 Å². The van der Waals surface area contributed by atoms with E-state index in [0.717, 1.165) is 0 Å². The molecule has 0 atom stereocenters. The monoisotopic (exact) mass is 337 g/mol. The molecule has 0 aliphatic heterocycles. The summed E-state index contributed by atoms with van der Waals surface area (Å²) in [5.74, 6) is 1.30. The number of hydrogen-bond donors (Lipinski definition) is 2. The van der Waals surface area contributed by atoms with Crippen molar-refractivity contribution >= 4 is 23.7 Å². The molecule has 2 aromatic rings. The number of aromatic nitrogens is 3. The van der Waals surface area contributed by atoms with Crippen molar-refractivity contribution < 1.29 is 14.0 Å². The van der Waals surface area contributed by atoms with Gasteiger partial charge in [-0.15, -0.1) is 10.2 Å². The molecular formula is C14H19N5O3S. The standard InChI is InChI=1S/C14H19N5O3S/c1-9(2)7-19-12(10-5-4-6-22-10)17-18-14(19)23-8-11(20)16-13(21)15-3/h4-6,9H,7-8H2,1-3H3,(H2,15,16,20,21). The minimum absolute atomic E-state index is 0.0712. The number of nitrogens with zero attached hydrogens (tertiary/aromatic N) is 3. The lowest BCUT2D eigenvalue weighted by molar-refractivity contribution is -0.117. The van der Waals surface area contributed by atoms with E-state index in [1.807, 2.05) is 10.6 Å². The van der Waals surface area contributed by atoms with Gasteiger partial charge in [-0.2, -0.15) is 0 Å². The van der Waals surface area contributed by atoms with Crippen LogP contribution in [0, 0.1) is 5.92 Å². The average Bonchev–Trinajstić information content (AvgIpc) is 3.14. The third-order valence-electron chi connectivity index (χ3n) is 2.82. The second kappa shape index (κ2) is 7.82. The summed E-state index contributed by atoms with van der Waals surface area (Å²) in [5, 5.41) is 13.4. The maximum atomic E-state index is 11.7. The van der Waals surface area contributed by atoms with E-state index in [2.05, 4.69) is 34.7 Å². The maximum absolute atomic E-state index is 11.7. The number of nitrogens with one attached hydrogen (secondary N) is 2. The molecule has 0 saturated carbocycles. The summed E-state index contributed by atoms with van der Waals surface area (Å²) in [6, 6.07) is 3.07.